The second kappa shape index (κ2) is 4.14. The summed E-state index contributed by atoms with van der Waals surface area (Å²) >= 11 is 0. The van der Waals surface area contributed by atoms with Gasteiger partial charge in [0.2, 0.25) is 0 Å². The normalized spacial score (nSPS) is 41.6. The van der Waals surface area contributed by atoms with Gasteiger partial charge in [-0.05, 0) is 30.6 Å². The molecule has 0 radical (unpaired) electrons. The summed E-state index contributed by atoms with van der Waals surface area (Å²) in [5.74, 6) is 1.95. The minimum atomic E-state index is 0.221. The van der Waals surface area contributed by atoms with Gasteiger partial charge in [-0.25, -0.2) is 0 Å². The van der Waals surface area contributed by atoms with Crippen LogP contribution in [0.4, 0.5) is 0 Å². The van der Waals surface area contributed by atoms with Gasteiger partial charge in [0.25, 0.3) is 0 Å². The lowest BCUT2D eigenvalue weighted by atomic mass is 9.72. The quantitative estimate of drug-likeness (QED) is 0.630. The predicted octanol–water partition coefficient (Wildman–Crippen LogP) is 2.66. The molecule has 4 unspecified atom stereocenters. The summed E-state index contributed by atoms with van der Waals surface area (Å²) in [6.45, 7) is 2.30. The SMILES string of the molecule is CC1C=CCCC1C1C=CC=CC1N. The first-order chi connectivity index (χ1) is 6.79. The fourth-order valence-corrected chi connectivity index (χ4v) is 2.62. The average molecular weight is 189 g/mol. The van der Waals surface area contributed by atoms with Crippen molar-refractivity contribution in [2.45, 2.75) is 25.8 Å². The summed E-state index contributed by atoms with van der Waals surface area (Å²) in [5, 5.41) is 0. The van der Waals surface area contributed by atoms with Crippen LogP contribution in [0.25, 0.3) is 0 Å². The Kier molecular flexibility index (Phi) is 2.87. The van der Waals surface area contributed by atoms with Crippen molar-refractivity contribution in [1.29, 1.82) is 0 Å². The predicted molar refractivity (Wildman–Crippen MR) is 60.8 cm³/mol. The largest absolute Gasteiger partial charge is 0.324 e. The van der Waals surface area contributed by atoms with Gasteiger partial charge in [-0.3, -0.25) is 0 Å². The Labute approximate surface area is 86.4 Å². The molecule has 0 aromatic carbocycles. The Morgan fingerprint density at radius 3 is 2.64 bits per heavy atom. The van der Waals surface area contributed by atoms with Crippen molar-refractivity contribution in [1.82, 2.24) is 0 Å². The summed E-state index contributed by atoms with van der Waals surface area (Å²) in [6.07, 6.45) is 15.7. The van der Waals surface area contributed by atoms with Crippen molar-refractivity contribution >= 4 is 0 Å². The second-order valence-corrected chi connectivity index (χ2v) is 4.45. The first-order valence-electron chi connectivity index (χ1n) is 5.56. The van der Waals surface area contributed by atoms with Crippen LogP contribution in [0.2, 0.25) is 0 Å². The van der Waals surface area contributed by atoms with Crippen LogP contribution in [-0.2, 0) is 0 Å². The molecule has 4 atom stereocenters. The van der Waals surface area contributed by atoms with Crippen LogP contribution in [0.3, 0.4) is 0 Å². The smallest absolute Gasteiger partial charge is 0.0293 e. The van der Waals surface area contributed by atoms with E-state index >= 15 is 0 Å². The lowest BCUT2D eigenvalue weighted by Gasteiger charge is -2.34. The standard InChI is InChI=1S/C13H19N/c1-10-6-2-3-7-11(10)12-8-4-5-9-13(12)14/h2,4-6,8-13H,3,7,14H2,1H3. The highest BCUT2D eigenvalue weighted by Crippen LogP contribution is 2.34. The van der Waals surface area contributed by atoms with Crippen molar-refractivity contribution in [2.24, 2.45) is 23.5 Å². The van der Waals surface area contributed by atoms with E-state index in [1.807, 2.05) is 0 Å². The maximum absolute atomic E-state index is 6.11. The van der Waals surface area contributed by atoms with Crippen molar-refractivity contribution in [3.8, 4) is 0 Å². The third-order valence-electron chi connectivity index (χ3n) is 3.50. The molecule has 0 aliphatic heterocycles. The van der Waals surface area contributed by atoms with E-state index in [2.05, 4.69) is 43.4 Å². The highest BCUT2D eigenvalue weighted by Gasteiger charge is 2.28. The van der Waals surface area contributed by atoms with E-state index in [9.17, 15) is 0 Å². The van der Waals surface area contributed by atoms with Crippen LogP contribution in [0, 0.1) is 17.8 Å². The van der Waals surface area contributed by atoms with Gasteiger partial charge in [-0.2, -0.15) is 0 Å². The van der Waals surface area contributed by atoms with Crippen molar-refractivity contribution in [3.63, 3.8) is 0 Å². The lowest BCUT2D eigenvalue weighted by molar-refractivity contribution is 0.273. The molecule has 2 N–H and O–H groups in total. The van der Waals surface area contributed by atoms with Crippen molar-refractivity contribution in [3.05, 3.63) is 36.5 Å². The molecule has 0 heterocycles. The molecule has 2 aliphatic rings. The molecule has 14 heavy (non-hydrogen) atoms. The maximum Gasteiger partial charge on any atom is 0.0293 e. The van der Waals surface area contributed by atoms with Crippen LogP contribution >= 0.6 is 0 Å². The van der Waals surface area contributed by atoms with Crippen LogP contribution in [0.15, 0.2) is 36.5 Å². The van der Waals surface area contributed by atoms with Crippen LogP contribution in [0.5, 0.6) is 0 Å². The van der Waals surface area contributed by atoms with Crippen molar-refractivity contribution < 1.29 is 0 Å². The number of rotatable bonds is 1. The van der Waals surface area contributed by atoms with E-state index < -0.39 is 0 Å². The van der Waals surface area contributed by atoms with Gasteiger partial charge in [0, 0.05) is 6.04 Å². The minimum absolute atomic E-state index is 0.221. The fourth-order valence-electron chi connectivity index (χ4n) is 2.62. The maximum atomic E-state index is 6.11. The molecule has 0 spiro atoms. The summed E-state index contributed by atoms with van der Waals surface area (Å²) in [7, 11) is 0. The zero-order valence-corrected chi connectivity index (χ0v) is 8.77. The van der Waals surface area contributed by atoms with E-state index in [1.54, 1.807) is 0 Å². The molecule has 76 valence electrons. The zero-order chi connectivity index (χ0) is 9.97. The van der Waals surface area contributed by atoms with Gasteiger partial charge in [-0.15, -0.1) is 0 Å². The third kappa shape index (κ3) is 1.83. The van der Waals surface area contributed by atoms with E-state index in [0.717, 1.165) is 5.92 Å². The van der Waals surface area contributed by atoms with Crippen LogP contribution in [0.1, 0.15) is 19.8 Å². The molecule has 2 aliphatic carbocycles. The summed E-state index contributed by atoms with van der Waals surface area (Å²) in [5.41, 5.74) is 6.11. The fraction of sp³-hybridized carbons (Fsp3) is 0.538. The highest BCUT2D eigenvalue weighted by atomic mass is 14.6. The molecule has 1 nitrogen and oxygen atoms in total. The summed E-state index contributed by atoms with van der Waals surface area (Å²) in [6, 6.07) is 0.221. The average Bonchev–Trinajstić information content (AvgIpc) is 2.20. The highest BCUT2D eigenvalue weighted by molar-refractivity contribution is 5.18. The molecule has 0 saturated heterocycles. The van der Waals surface area contributed by atoms with Gasteiger partial charge in [0.1, 0.15) is 0 Å². The van der Waals surface area contributed by atoms with E-state index in [4.69, 9.17) is 5.73 Å². The molecule has 1 heteroatoms. The Bertz CT molecular complexity index is 275. The van der Waals surface area contributed by atoms with Gasteiger partial charge in [0.15, 0.2) is 0 Å². The first kappa shape index (κ1) is 9.72. The number of allylic oxidation sites excluding steroid dienone is 4. The van der Waals surface area contributed by atoms with Crippen molar-refractivity contribution in [2.75, 3.05) is 0 Å². The molecular weight excluding hydrogens is 170 g/mol. The Hall–Kier alpha value is -0.820. The second-order valence-electron chi connectivity index (χ2n) is 4.45. The van der Waals surface area contributed by atoms with E-state index in [-0.39, 0.29) is 6.04 Å². The first-order valence-corrected chi connectivity index (χ1v) is 5.56. The number of hydrogen-bond donors (Lipinski definition) is 1. The molecule has 2 rings (SSSR count). The number of nitrogens with two attached hydrogens (primary N) is 1. The lowest BCUT2D eigenvalue weighted by Crippen LogP contribution is -2.36. The molecule has 0 aromatic heterocycles. The van der Waals surface area contributed by atoms with Gasteiger partial charge < -0.3 is 5.73 Å². The molecule has 0 amide bonds. The Morgan fingerprint density at radius 1 is 1.14 bits per heavy atom. The summed E-state index contributed by atoms with van der Waals surface area (Å²) in [4.78, 5) is 0. The van der Waals surface area contributed by atoms with E-state index in [1.165, 1.54) is 12.8 Å². The Morgan fingerprint density at radius 2 is 1.93 bits per heavy atom. The van der Waals surface area contributed by atoms with Crippen LogP contribution in [-0.4, -0.2) is 6.04 Å². The number of hydrogen-bond acceptors (Lipinski definition) is 1. The minimum Gasteiger partial charge on any atom is -0.324 e. The third-order valence-corrected chi connectivity index (χ3v) is 3.50. The Balaban J connectivity index is 2.10. The van der Waals surface area contributed by atoms with E-state index in [0.29, 0.717) is 11.8 Å². The molecule has 0 fully saturated rings. The van der Waals surface area contributed by atoms with Gasteiger partial charge >= 0.3 is 0 Å². The molecule has 0 saturated carbocycles. The molecule has 0 aromatic rings. The van der Waals surface area contributed by atoms with Crippen LogP contribution < -0.4 is 5.73 Å². The summed E-state index contributed by atoms with van der Waals surface area (Å²) < 4.78 is 0. The molecular formula is C13H19N. The monoisotopic (exact) mass is 189 g/mol. The molecule has 0 bridgehead atoms. The zero-order valence-electron chi connectivity index (χ0n) is 8.77. The van der Waals surface area contributed by atoms with Gasteiger partial charge in [0.05, 0.1) is 0 Å². The topological polar surface area (TPSA) is 26.0 Å². The van der Waals surface area contributed by atoms with Gasteiger partial charge in [-0.1, -0.05) is 43.4 Å².